The molecule has 26 heavy (non-hydrogen) atoms. The molecule has 1 aliphatic rings. The first kappa shape index (κ1) is 16.6. The Labute approximate surface area is 152 Å². The van der Waals surface area contributed by atoms with Crippen molar-refractivity contribution in [1.29, 1.82) is 0 Å². The number of morpholine rings is 1. The molecule has 0 spiro atoms. The zero-order valence-electron chi connectivity index (χ0n) is 15.0. The summed E-state index contributed by atoms with van der Waals surface area (Å²) in [4.78, 5) is 20.2. The first-order chi connectivity index (χ1) is 12.7. The Morgan fingerprint density at radius 2 is 1.73 bits per heavy atom. The summed E-state index contributed by atoms with van der Waals surface area (Å²) in [5, 5.41) is 0. The van der Waals surface area contributed by atoms with Crippen molar-refractivity contribution in [3.8, 4) is 11.6 Å². The van der Waals surface area contributed by atoms with Crippen LogP contribution in [-0.4, -0.2) is 39.6 Å². The van der Waals surface area contributed by atoms with Gasteiger partial charge in [0.2, 0.25) is 0 Å². The lowest BCUT2D eigenvalue weighted by atomic mass is 10.1. The van der Waals surface area contributed by atoms with Gasteiger partial charge in [-0.3, -0.25) is 0 Å². The first-order valence-electron chi connectivity index (χ1n) is 8.76. The van der Waals surface area contributed by atoms with E-state index in [1.54, 1.807) is 18.5 Å². The molecule has 0 aliphatic carbocycles. The molecule has 1 aliphatic heterocycles. The van der Waals surface area contributed by atoms with Crippen LogP contribution in [0.1, 0.15) is 22.9 Å². The summed E-state index contributed by atoms with van der Waals surface area (Å²) in [5.41, 5.74) is 3.21. The standard InChI is InChI=1S/C20H21N5O/c1-14-15(2)23-19(18-21-9-6-10-22-18)24-20(14)25-11-12-26-17(13-25)16-7-4-3-5-8-16/h3-10,17H,11-13H2,1-2H3. The molecule has 6 heteroatoms. The highest BCUT2D eigenvalue weighted by molar-refractivity contribution is 5.55. The van der Waals surface area contributed by atoms with Crippen molar-refractivity contribution in [2.24, 2.45) is 0 Å². The summed E-state index contributed by atoms with van der Waals surface area (Å²) in [7, 11) is 0. The van der Waals surface area contributed by atoms with Gasteiger partial charge in [0.15, 0.2) is 11.6 Å². The SMILES string of the molecule is Cc1nc(-c2ncccn2)nc(N2CCOC(c3ccccc3)C2)c1C. The Morgan fingerprint density at radius 3 is 2.50 bits per heavy atom. The Morgan fingerprint density at radius 1 is 0.962 bits per heavy atom. The number of aryl methyl sites for hydroxylation is 1. The Kier molecular flexibility index (Phi) is 4.58. The van der Waals surface area contributed by atoms with E-state index in [4.69, 9.17) is 9.72 Å². The average molecular weight is 347 g/mol. The molecule has 132 valence electrons. The van der Waals surface area contributed by atoms with Crippen LogP contribution < -0.4 is 4.90 Å². The third-order valence-corrected chi connectivity index (χ3v) is 4.67. The zero-order valence-corrected chi connectivity index (χ0v) is 15.0. The van der Waals surface area contributed by atoms with E-state index in [2.05, 4.69) is 38.9 Å². The summed E-state index contributed by atoms with van der Waals surface area (Å²) in [5.74, 6) is 2.04. The third kappa shape index (κ3) is 3.28. The number of benzene rings is 1. The molecule has 1 unspecified atom stereocenters. The quantitative estimate of drug-likeness (QED) is 0.725. The molecule has 3 heterocycles. The van der Waals surface area contributed by atoms with Crippen LogP contribution in [0.4, 0.5) is 5.82 Å². The number of ether oxygens (including phenoxy) is 1. The lowest BCUT2D eigenvalue weighted by molar-refractivity contribution is 0.0395. The highest BCUT2D eigenvalue weighted by Crippen LogP contribution is 2.28. The lowest BCUT2D eigenvalue weighted by Crippen LogP contribution is -2.39. The maximum atomic E-state index is 5.99. The second-order valence-electron chi connectivity index (χ2n) is 6.37. The van der Waals surface area contributed by atoms with Crippen molar-refractivity contribution in [3.63, 3.8) is 0 Å². The van der Waals surface area contributed by atoms with Gasteiger partial charge in [-0.2, -0.15) is 0 Å². The summed E-state index contributed by atoms with van der Waals surface area (Å²) < 4.78 is 5.99. The van der Waals surface area contributed by atoms with Crippen molar-refractivity contribution in [2.75, 3.05) is 24.6 Å². The van der Waals surface area contributed by atoms with Gasteiger partial charge in [0.25, 0.3) is 0 Å². The second-order valence-corrected chi connectivity index (χ2v) is 6.37. The number of nitrogens with zero attached hydrogens (tertiary/aromatic N) is 5. The van der Waals surface area contributed by atoms with Crippen LogP contribution >= 0.6 is 0 Å². The van der Waals surface area contributed by atoms with Crippen molar-refractivity contribution < 1.29 is 4.74 Å². The molecular formula is C20H21N5O. The Balaban J connectivity index is 1.67. The molecule has 3 aromatic rings. The molecule has 1 atom stereocenters. The Hall–Kier alpha value is -2.86. The summed E-state index contributed by atoms with van der Waals surface area (Å²) in [6.07, 6.45) is 3.46. The molecule has 0 bridgehead atoms. The van der Waals surface area contributed by atoms with Crippen LogP contribution in [0.2, 0.25) is 0 Å². The maximum Gasteiger partial charge on any atom is 0.199 e. The highest BCUT2D eigenvalue weighted by atomic mass is 16.5. The highest BCUT2D eigenvalue weighted by Gasteiger charge is 2.25. The van der Waals surface area contributed by atoms with E-state index in [9.17, 15) is 0 Å². The minimum absolute atomic E-state index is 0.0380. The van der Waals surface area contributed by atoms with E-state index >= 15 is 0 Å². The van der Waals surface area contributed by atoms with Crippen LogP contribution in [0.25, 0.3) is 11.6 Å². The Bertz CT molecular complexity index is 885. The van der Waals surface area contributed by atoms with E-state index in [0.29, 0.717) is 18.3 Å². The van der Waals surface area contributed by atoms with Crippen LogP contribution in [-0.2, 0) is 4.74 Å². The number of hydrogen-bond acceptors (Lipinski definition) is 6. The summed E-state index contributed by atoms with van der Waals surface area (Å²) in [6.45, 7) is 6.29. The molecular weight excluding hydrogens is 326 g/mol. The van der Waals surface area contributed by atoms with Crippen molar-refractivity contribution >= 4 is 5.82 Å². The minimum Gasteiger partial charge on any atom is -0.370 e. The predicted octanol–water partition coefficient (Wildman–Crippen LogP) is 3.13. The van der Waals surface area contributed by atoms with Gasteiger partial charge in [-0.05, 0) is 25.5 Å². The van der Waals surface area contributed by atoms with Gasteiger partial charge in [-0.25, -0.2) is 19.9 Å². The molecule has 1 aromatic carbocycles. The summed E-state index contributed by atoms with van der Waals surface area (Å²) >= 11 is 0. The van der Waals surface area contributed by atoms with E-state index in [1.807, 2.05) is 25.1 Å². The minimum atomic E-state index is 0.0380. The van der Waals surface area contributed by atoms with E-state index in [1.165, 1.54) is 5.56 Å². The average Bonchev–Trinajstić information content (AvgIpc) is 2.71. The first-order valence-corrected chi connectivity index (χ1v) is 8.76. The van der Waals surface area contributed by atoms with E-state index in [0.717, 1.165) is 30.2 Å². The molecule has 1 fully saturated rings. The van der Waals surface area contributed by atoms with Gasteiger partial charge in [0.05, 0.1) is 6.61 Å². The van der Waals surface area contributed by atoms with Crippen LogP contribution in [0.3, 0.4) is 0 Å². The molecule has 4 rings (SSSR count). The predicted molar refractivity (Wildman–Crippen MR) is 99.9 cm³/mol. The fourth-order valence-corrected chi connectivity index (χ4v) is 3.15. The summed E-state index contributed by atoms with van der Waals surface area (Å²) in [6, 6.07) is 12.1. The number of aromatic nitrogens is 4. The molecule has 0 N–H and O–H groups in total. The fourth-order valence-electron chi connectivity index (χ4n) is 3.15. The monoisotopic (exact) mass is 347 g/mol. The lowest BCUT2D eigenvalue weighted by Gasteiger charge is -2.35. The largest absolute Gasteiger partial charge is 0.370 e. The van der Waals surface area contributed by atoms with Gasteiger partial charge in [-0.15, -0.1) is 0 Å². The normalized spacial score (nSPS) is 17.3. The molecule has 6 nitrogen and oxygen atoms in total. The van der Waals surface area contributed by atoms with E-state index in [-0.39, 0.29) is 6.10 Å². The van der Waals surface area contributed by atoms with Crippen molar-refractivity contribution in [1.82, 2.24) is 19.9 Å². The third-order valence-electron chi connectivity index (χ3n) is 4.67. The second kappa shape index (κ2) is 7.17. The van der Waals surface area contributed by atoms with Gasteiger partial charge in [0, 0.05) is 36.7 Å². The molecule has 2 aromatic heterocycles. The smallest absolute Gasteiger partial charge is 0.199 e. The van der Waals surface area contributed by atoms with E-state index < -0.39 is 0 Å². The molecule has 0 saturated carbocycles. The van der Waals surface area contributed by atoms with Gasteiger partial charge >= 0.3 is 0 Å². The van der Waals surface area contributed by atoms with Gasteiger partial charge < -0.3 is 9.64 Å². The molecule has 1 saturated heterocycles. The fraction of sp³-hybridized carbons (Fsp3) is 0.300. The molecule has 0 radical (unpaired) electrons. The zero-order chi connectivity index (χ0) is 17.9. The van der Waals surface area contributed by atoms with Crippen LogP contribution in [0.5, 0.6) is 0 Å². The number of anilines is 1. The van der Waals surface area contributed by atoms with Crippen LogP contribution in [0, 0.1) is 13.8 Å². The van der Waals surface area contributed by atoms with Gasteiger partial charge in [0.1, 0.15) is 11.9 Å². The molecule has 0 amide bonds. The number of hydrogen-bond donors (Lipinski definition) is 0. The van der Waals surface area contributed by atoms with Gasteiger partial charge in [-0.1, -0.05) is 30.3 Å². The van der Waals surface area contributed by atoms with Crippen molar-refractivity contribution in [2.45, 2.75) is 20.0 Å². The maximum absolute atomic E-state index is 5.99. The number of rotatable bonds is 3. The van der Waals surface area contributed by atoms with Crippen LogP contribution in [0.15, 0.2) is 48.8 Å². The topological polar surface area (TPSA) is 64.0 Å². The van der Waals surface area contributed by atoms with Crippen molar-refractivity contribution in [3.05, 3.63) is 65.6 Å².